The van der Waals surface area contributed by atoms with Crippen molar-refractivity contribution in [3.05, 3.63) is 166 Å². The highest BCUT2D eigenvalue weighted by molar-refractivity contribution is 6.02. The zero-order valence-electron chi connectivity index (χ0n) is 22.8. The van der Waals surface area contributed by atoms with Crippen LogP contribution >= 0.6 is 0 Å². The topological polar surface area (TPSA) is 39.9 Å². The molecule has 0 radical (unpaired) electrons. The molecular weight excluding hydrogens is 498 g/mol. The van der Waals surface area contributed by atoms with Crippen molar-refractivity contribution in [3.8, 4) is 6.07 Å². The standard InChI is InChI=1S/C38H29N3/c39-25-30-21-22-40-26-36(30)33-17-6-5-16-32(33)28-14-10-15-31(23-28)41-37-19-8-4-13-29(37)24-35(27-11-2-1-3-12-27)34-18-7-9-20-38(34)41/h1-4,7-9,11-14,16-24,26H,5-6,10,15H2. The minimum atomic E-state index is 0.662. The molecule has 0 amide bonds. The lowest BCUT2D eigenvalue weighted by Gasteiger charge is -2.32. The van der Waals surface area contributed by atoms with Gasteiger partial charge in [0.25, 0.3) is 0 Å². The van der Waals surface area contributed by atoms with Crippen molar-refractivity contribution in [3.63, 3.8) is 0 Å². The van der Waals surface area contributed by atoms with E-state index in [1.807, 2.05) is 6.20 Å². The molecule has 41 heavy (non-hydrogen) atoms. The van der Waals surface area contributed by atoms with Crippen molar-refractivity contribution in [2.45, 2.75) is 25.7 Å². The zero-order valence-corrected chi connectivity index (χ0v) is 22.8. The van der Waals surface area contributed by atoms with Crippen LogP contribution in [0.25, 0.3) is 17.2 Å². The number of nitrogens with zero attached hydrogens (tertiary/aromatic N) is 3. The number of nitriles is 1. The third-order valence-electron chi connectivity index (χ3n) is 8.07. The van der Waals surface area contributed by atoms with E-state index in [1.165, 1.54) is 50.5 Å². The fourth-order valence-electron chi connectivity index (χ4n) is 6.20. The van der Waals surface area contributed by atoms with Crippen molar-refractivity contribution in [2.75, 3.05) is 4.90 Å². The van der Waals surface area contributed by atoms with E-state index in [0.29, 0.717) is 5.56 Å². The molecule has 0 bridgehead atoms. The molecule has 2 aliphatic carbocycles. The molecule has 0 spiro atoms. The molecule has 3 aromatic carbocycles. The third kappa shape index (κ3) is 4.54. The molecule has 0 unspecified atom stereocenters. The number of anilines is 2. The Balaban J connectivity index is 1.36. The van der Waals surface area contributed by atoms with E-state index < -0.39 is 0 Å². The summed E-state index contributed by atoms with van der Waals surface area (Å²) in [6.45, 7) is 0. The SMILES string of the molecule is N#Cc1ccncc1C1=CCCC=C1C1=CCCC(N2c3ccccc3C=C(c3ccccc3)c3ccccc32)=C1. The van der Waals surface area contributed by atoms with Crippen molar-refractivity contribution in [2.24, 2.45) is 0 Å². The normalized spacial score (nSPS) is 16.1. The first-order chi connectivity index (χ1) is 20.3. The van der Waals surface area contributed by atoms with Crippen LogP contribution in [0.2, 0.25) is 0 Å². The van der Waals surface area contributed by atoms with Crippen LogP contribution < -0.4 is 4.90 Å². The Kier molecular flexibility index (Phi) is 6.51. The molecule has 3 nitrogen and oxygen atoms in total. The summed E-state index contributed by atoms with van der Waals surface area (Å²) in [6, 6.07) is 32.3. The largest absolute Gasteiger partial charge is 0.313 e. The molecule has 2 heterocycles. The predicted molar refractivity (Wildman–Crippen MR) is 168 cm³/mol. The highest BCUT2D eigenvalue weighted by atomic mass is 15.2. The summed E-state index contributed by atoms with van der Waals surface area (Å²) in [4.78, 5) is 6.82. The summed E-state index contributed by atoms with van der Waals surface area (Å²) < 4.78 is 0. The van der Waals surface area contributed by atoms with Gasteiger partial charge in [0, 0.05) is 29.2 Å². The van der Waals surface area contributed by atoms with Crippen molar-refractivity contribution >= 4 is 28.6 Å². The van der Waals surface area contributed by atoms with Gasteiger partial charge in [0.05, 0.1) is 23.0 Å². The van der Waals surface area contributed by atoms with Crippen LogP contribution in [-0.4, -0.2) is 4.98 Å². The number of hydrogen-bond acceptors (Lipinski definition) is 3. The van der Waals surface area contributed by atoms with Crippen LogP contribution in [0.3, 0.4) is 0 Å². The Hall–Kier alpha value is -5.20. The summed E-state index contributed by atoms with van der Waals surface area (Å²) in [5.41, 5.74) is 13.6. The Morgan fingerprint density at radius 1 is 0.659 bits per heavy atom. The summed E-state index contributed by atoms with van der Waals surface area (Å²) >= 11 is 0. The maximum Gasteiger partial charge on any atom is 0.0999 e. The fourth-order valence-corrected chi connectivity index (χ4v) is 6.20. The average Bonchev–Trinajstić information content (AvgIpc) is 3.20. The number of hydrogen-bond donors (Lipinski definition) is 0. The lowest BCUT2D eigenvalue weighted by molar-refractivity contribution is 0.905. The summed E-state index contributed by atoms with van der Waals surface area (Å²) in [7, 11) is 0. The molecule has 196 valence electrons. The summed E-state index contributed by atoms with van der Waals surface area (Å²) in [5, 5.41) is 9.81. The molecule has 0 fully saturated rings. The van der Waals surface area contributed by atoms with Crippen LogP contribution in [0.15, 0.2) is 138 Å². The fraction of sp³-hybridized carbons (Fsp3) is 0.105. The number of aromatic nitrogens is 1. The lowest BCUT2D eigenvalue weighted by Crippen LogP contribution is -2.20. The zero-order chi connectivity index (χ0) is 27.6. The van der Waals surface area contributed by atoms with Crippen LogP contribution in [0.1, 0.15) is 53.5 Å². The van der Waals surface area contributed by atoms with E-state index in [-0.39, 0.29) is 0 Å². The van der Waals surface area contributed by atoms with Crippen LogP contribution in [0.5, 0.6) is 0 Å². The van der Waals surface area contributed by atoms with Gasteiger partial charge >= 0.3 is 0 Å². The van der Waals surface area contributed by atoms with Crippen molar-refractivity contribution in [1.82, 2.24) is 4.98 Å². The Bertz CT molecular complexity index is 1840. The highest BCUT2D eigenvalue weighted by Gasteiger charge is 2.27. The van der Waals surface area contributed by atoms with Gasteiger partial charge in [0.2, 0.25) is 0 Å². The van der Waals surface area contributed by atoms with Crippen molar-refractivity contribution < 1.29 is 0 Å². The monoisotopic (exact) mass is 527 g/mol. The summed E-state index contributed by atoms with van der Waals surface area (Å²) in [6.07, 6.45) is 19.0. The Morgan fingerprint density at radius 3 is 2.27 bits per heavy atom. The first kappa shape index (κ1) is 24.8. The maximum absolute atomic E-state index is 9.81. The third-order valence-corrected chi connectivity index (χ3v) is 8.07. The second-order valence-corrected chi connectivity index (χ2v) is 10.5. The van der Waals surface area contributed by atoms with Gasteiger partial charge in [-0.25, -0.2) is 0 Å². The van der Waals surface area contributed by atoms with Gasteiger partial charge in [0.1, 0.15) is 0 Å². The number of para-hydroxylation sites is 2. The Labute approximate surface area is 241 Å². The van der Waals surface area contributed by atoms with E-state index in [4.69, 9.17) is 0 Å². The first-order valence-electron chi connectivity index (χ1n) is 14.2. The van der Waals surface area contributed by atoms with Crippen LogP contribution in [0, 0.1) is 11.3 Å². The first-order valence-corrected chi connectivity index (χ1v) is 14.2. The number of pyridine rings is 1. The van der Waals surface area contributed by atoms with E-state index in [1.54, 1.807) is 12.3 Å². The molecular formula is C38H29N3. The Morgan fingerprint density at radius 2 is 1.41 bits per heavy atom. The quantitative estimate of drug-likeness (QED) is 0.265. The van der Waals surface area contributed by atoms with Gasteiger partial charge in [-0.05, 0) is 89.5 Å². The lowest BCUT2D eigenvalue weighted by atomic mass is 9.84. The number of benzene rings is 3. The van der Waals surface area contributed by atoms with Gasteiger partial charge in [-0.15, -0.1) is 0 Å². The van der Waals surface area contributed by atoms with Crippen LogP contribution in [-0.2, 0) is 0 Å². The second kappa shape index (κ2) is 10.8. The van der Waals surface area contributed by atoms with E-state index in [9.17, 15) is 5.26 Å². The molecule has 1 aromatic heterocycles. The van der Waals surface area contributed by atoms with Gasteiger partial charge in [-0.1, -0.05) is 85.0 Å². The molecule has 3 heteroatoms. The highest BCUT2D eigenvalue weighted by Crippen LogP contribution is 2.46. The second-order valence-electron chi connectivity index (χ2n) is 10.5. The molecule has 4 aromatic rings. The number of rotatable bonds is 4. The number of allylic oxidation sites excluding steroid dienone is 8. The molecule has 3 aliphatic rings. The van der Waals surface area contributed by atoms with Gasteiger partial charge in [-0.2, -0.15) is 5.26 Å². The molecule has 0 atom stereocenters. The van der Waals surface area contributed by atoms with Gasteiger partial charge in [-0.3, -0.25) is 4.98 Å². The van der Waals surface area contributed by atoms with Gasteiger partial charge < -0.3 is 4.90 Å². The van der Waals surface area contributed by atoms with Gasteiger partial charge in [0.15, 0.2) is 0 Å². The minimum Gasteiger partial charge on any atom is -0.313 e. The molecule has 7 rings (SSSR count). The molecule has 0 saturated carbocycles. The minimum absolute atomic E-state index is 0.662. The van der Waals surface area contributed by atoms with E-state index >= 15 is 0 Å². The smallest absolute Gasteiger partial charge is 0.0999 e. The molecule has 0 saturated heterocycles. The van der Waals surface area contributed by atoms with Crippen molar-refractivity contribution in [1.29, 1.82) is 5.26 Å². The van der Waals surface area contributed by atoms with Crippen LogP contribution in [0.4, 0.5) is 11.4 Å². The maximum atomic E-state index is 9.81. The summed E-state index contributed by atoms with van der Waals surface area (Å²) in [5.74, 6) is 0. The molecule has 1 aliphatic heterocycles. The average molecular weight is 528 g/mol. The van der Waals surface area contributed by atoms with E-state index in [0.717, 1.165) is 36.8 Å². The predicted octanol–water partition coefficient (Wildman–Crippen LogP) is 9.40. The van der Waals surface area contributed by atoms with E-state index in [2.05, 4.69) is 125 Å². The molecule has 0 N–H and O–H groups in total. The number of fused-ring (bicyclic) bond motifs is 2.